The van der Waals surface area contributed by atoms with Gasteiger partial charge in [0.15, 0.2) is 0 Å². The van der Waals surface area contributed by atoms with Crippen molar-refractivity contribution >= 4 is 16.8 Å². The van der Waals surface area contributed by atoms with E-state index in [9.17, 15) is 5.11 Å². The van der Waals surface area contributed by atoms with Crippen LogP contribution in [0.4, 0.5) is 0 Å². The van der Waals surface area contributed by atoms with Crippen LogP contribution >= 0.6 is 0 Å². The second-order valence-corrected chi connectivity index (χ2v) is 2.92. The number of phenols is 1. The van der Waals surface area contributed by atoms with Crippen LogP contribution in [0.25, 0.3) is 16.8 Å². The molecule has 0 saturated carbocycles. The van der Waals surface area contributed by atoms with Gasteiger partial charge < -0.3 is 5.11 Å². The molecule has 1 nitrogen and oxygen atoms in total. The molecule has 2 aromatic carbocycles. The van der Waals surface area contributed by atoms with E-state index in [1.54, 1.807) is 12.1 Å². The van der Waals surface area contributed by atoms with Gasteiger partial charge in [-0.05, 0) is 16.8 Å². The molecule has 0 spiro atoms. The standard InChI is InChI=1S/C12H10O.C2H6/c1-2-10-11-6-4-3-5-9(11)7-8-12(10)13;1-2/h2-8,13H,1H2;1-2H3. The lowest BCUT2D eigenvalue weighted by molar-refractivity contribution is 0.475. The third-order valence-electron chi connectivity index (χ3n) is 2.15. The molecule has 15 heavy (non-hydrogen) atoms. The van der Waals surface area contributed by atoms with Crippen LogP contribution in [0.1, 0.15) is 19.4 Å². The highest BCUT2D eigenvalue weighted by Crippen LogP contribution is 2.27. The third kappa shape index (κ3) is 2.18. The van der Waals surface area contributed by atoms with E-state index in [1.165, 1.54) is 0 Å². The molecule has 0 saturated heterocycles. The van der Waals surface area contributed by atoms with Gasteiger partial charge in [0.2, 0.25) is 0 Å². The lowest BCUT2D eigenvalue weighted by Gasteiger charge is -2.03. The van der Waals surface area contributed by atoms with Crippen molar-refractivity contribution < 1.29 is 5.11 Å². The first kappa shape index (κ1) is 11.3. The highest BCUT2D eigenvalue weighted by molar-refractivity contribution is 5.92. The molecular weight excluding hydrogens is 184 g/mol. The maximum Gasteiger partial charge on any atom is 0.123 e. The van der Waals surface area contributed by atoms with E-state index in [0.717, 1.165) is 16.3 Å². The summed E-state index contributed by atoms with van der Waals surface area (Å²) in [6.45, 7) is 7.68. The minimum Gasteiger partial charge on any atom is -0.507 e. The Bertz CT molecular complexity index is 458. The van der Waals surface area contributed by atoms with Crippen molar-refractivity contribution in [3.05, 3.63) is 48.5 Å². The van der Waals surface area contributed by atoms with Crippen molar-refractivity contribution in [2.24, 2.45) is 0 Å². The normalized spacial score (nSPS) is 9.20. The fraction of sp³-hybridized carbons (Fsp3) is 0.143. The van der Waals surface area contributed by atoms with Crippen LogP contribution in [-0.4, -0.2) is 5.11 Å². The van der Waals surface area contributed by atoms with Crippen molar-refractivity contribution in [3.63, 3.8) is 0 Å². The van der Waals surface area contributed by atoms with Gasteiger partial charge in [0.1, 0.15) is 5.75 Å². The Morgan fingerprint density at radius 2 is 1.73 bits per heavy atom. The van der Waals surface area contributed by atoms with Gasteiger partial charge in [-0.3, -0.25) is 0 Å². The Morgan fingerprint density at radius 3 is 2.40 bits per heavy atom. The van der Waals surface area contributed by atoms with Crippen LogP contribution in [0, 0.1) is 0 Å². The summed E-state index contributed by atoms with van der Waals surface area (Å²) in [7, 11) is 0. The molecule has 1 heteroatoms. The van der Waals surface area contributed by atoms with Crippen molar-refractivity contribution in [2.75, 3.05) is 0 Å². The molecule has 0 aliphatic heterocycles. The molecule has 0 aliphatic rings. The van der Waals surface area contributed by atoms with Gasteiger partial charge in [-0.1, -0.05) is 56.8 Å². The average molecular weight is 200 g/mol. The smallest absolute Gasteiger partial charge is 0.123 e. The molecule has 0 heterocycles. The summed E-state index contributed by atoms with van der Waals surface area (Å²) in [5.74, 6) is 0.286. The summed E-state index contributed by atoms with van der Waals surface area (Å²) >= 11 is 0. The minimum atomic E-state index is 0.286. The highest BCUT2D eigenvalue weighted by Gasteiger charge is 2.01. The van der Waals surface area contributed by atoms with Crippen LogP contribution in [-0.2, 0) is 0 Å². The zero-order chi connectivity index (χ0) is 11.3. The zero-order valence-electron chi connectivity index (χ0n) is 9.20. The first-order chi connectivity index (χ1) is 7.33. The average Bonchev–Trinajstić information content (AvgIpc) is 2.32. The largest absolute Gasteiger partial charge is 0.507 e. The molecule has 0 amide bonds. The molecule has 0 aromatic heterocycles. The fourth-order valence-electron chi connectivity index (χ4n) is 1.50. The van der Waals surface area contributed by atoms with Crippen molar-refractivity contribution in [1.82, 2.24) is 0 Å². The van der Waals surface area contributed by atoms with Gasteiger partial charge >= 0.3 is 0 Å². The number of hydrogen-bond acceptors (Lipinski definition) is 1. The van der Waals surface area contributed by atoms with Crippen LogP contribution in [0.5, 0.6) is 5.75 Å². The molecule has 0 fully saturated rings. The first-order valence-electron chi connectivity index (χ1n) is 5.16. The van der Waals surface area contributed by atoms with Gasteiger partial charge in [0, 0.05) is 5.56 Å². The van der Waals surface area contributed by atoms with Gasteiger partial charge in [0.05, 0.1) is 0 Å². The number of fused-ring (bicyclic) bond motifs is 1. The summed E-state index contributed by atoms with van der Waals surface area (Å²) in [6.07, 6.45) is 1.68. The number of benzene rings is 2. The Labute approximate surface area is 90.7 Å². The van der Waals surface area contributed by atoms with Crippen LogP contribution in [0.3, 0.4) is 0 Å². The lowest BCUT2D eigenvalue weighted by Crippen LogP contribution is -1.78. The predicted octanol–water partition coefficient (Wildman–Crippen LogP) is 4.21. The monoisotopic (exact) mass is 200 g/mol. The quantitative estimate of drug-likeness (QED) is 0.731. The van der Waals surface area contributed by atoms with E-state index in [0.29, 0.717) is 0 Å². The molecule has 0 unspecified atom stereocenters. The molecule has 0 aliphatic carbocycles. The summed E-state index contributed by atoms with van der Waals surface area (Å²) in [6, 6.07) is 11.5. The Balaban J connectivity index is 0.000000531. The first-order valence-corrected chi connectivity index (χ1v) is 5.16. The van der Waals surface area contributed by atoms with Crippen LogP contribution < -0.4 is 0 Å². The number of rotatable bonds is 1. The van der Waals surface area contributed by atoms with Crippen LogP contribution in [0.2, 0.25) is 0 Å². The van der Waals surface area contributed by atoms with E-state index in [-0.39, 0.29) is 5.75 Å². The van der Waals surface area contributed by atoms with Gasteiger partial charge in [-0.2, -0.15) is 0 Å². The fourth-order valence-corrected chi connectivity index (χ4v) is 1.50. The molecule has 2 aromatic rings. The maximum absolute atomic E-state index is 9.54. The second kappa shape index (κ2) is 5.20. The summed E-state index contributed by atoms with van der Waals surface area (Å²) in [5, 5.41) is 11.7. The molecule has 0 radical (unpaired) electrons. The Kier molecular flexibility index (Phi) is 3.92. The molecule has 0 atom stereocenters. The van der Waals surface area contributed by atoms with Crippen LogP contribution in [0.15, 0.2) is 43.0 Å². The minimum absolute atomic E-state index is 0.286. The van der Waals surface area contributed by atoms with Gasteiger partial charge in [0.25, 0.3) is 0 Å². The van der Waals surface area contributed by atoms with E-state index in [4.69, 9.17) is 0 Å². The highest BCUT2D eigenvalue weighted by atomic mass is 16.3. The topological polar surface area (TPSA) is 20.2 Å². The number of aromatic hydroxyl groups is 1. The Hall–Kier alpha value is -1.76. The van der Waals surface area contributed by atoms with Crippen molar-refractivity contribution in [2.45, 2.75) is 13.8 Å². The van der Waals surface area contributed by atoms with Gasteiger partial charge in [-0.25, -0.2) is 0 Å². The molecule has 2 rings (SSSR count). The van der Waals surface area contributed by atoms with E-state index in [1.807, 2.05) is 44.2 Å². The molecule has 1 N–H and O–H groups in total. The third-order valence-corrected chi connectivity index (χ3v) is 2.15. The maximum atomic E-state index is 9.54. The Morgan fingerprint density at radius 1 is 1.07 bits per heavy atom. The second-order valence-electron chi connectivity index (χ2n) is 2.92. The molecular formula is C14H16O. The summed E-state index contributed by atoms with van der Waals surface area (Å²) in [4.78, 5) is 0. The zero-order valence-corrected chi connectivity index (χ0v) is 9.20. The predicted molar refractivity (Wildman–Crippen MR) is 67.1 cm³/mol. The number of phenolic OH excluding ortho intramolecular Hbond substituents is 1. The van der Waals surface area contributed by atoms with E-state index < -0.39 is 0 Å². The molecule has 0 bridgehead atoms. The molecule has 78 valence electrons. The lowest BCUT2D eigenvalue weighted by atomic mass is 10.0. The van der Waals surface area contributed by atoms with E-state index in [2.05, 4.69) is 6.58 Å². The van der Waals surface area contributed by atoms with Crippen molar-refractivity contribution in [3.8, 4) is 5.75 Å². The summed E-state index contributed by atoms with van der Waals surface area (Å²) < 4.78 is 0. The van der Waals surface area contributed by atoms with E-state index >= 15 is 0 Å². The van der Waals surface area contributed by atoms with Crippen molar-refractivity contribution in [1.29, 1.82) is 0 Å². The summed E-state index contributed by atoms with van der Waals surface area (Å²) in [5.41, 5.74) is 0.804. The SMILES string of the molecule is C=Cc1c(O)ccc2ccccc12.CC. The number of hydrogen-bond donors (Lipinski definition) is 1. The van der Waals surface area contributed by atoms with Gasteiger partial charge in [-0.15, -0.1) is 0 Å².